The molecule has 2 aromatic heterocycles. The van der Waals surface area contributed by atoms with E-state index in [4.69, 9.17) is 4.74 Å². The molecule has 0 fully saturated rings. The molecule has 130 valence electrons. The van der Waals surface area contributed by atoms with Gasteiger partial charge in [-0.2, -0.15) is 0 Å². The molecule has 2 heterocycles. The molecular formula is C19H14F2N4O. The van der Waals surface area contributed by atoms with Gasteiger partial charge in [0.1, 0.15) is 11.6 Å². The van der Waals surface area contributed by atoms with Gasteiger partial charge in [-0.3, -0.25) is 4.98 Å². The normalized spacial score (nSPS) is 11.0. The summed E-state index contributed by atoms with van der Waals surface area (Å²) in [6.07, 6.45) is 3.75. The van der Waals surface area contributed by atoms with E-state index in [1.165, 1.54) is 24.5 Å². The number of nitrogens with zero attached hydrogens (tertiary/aromatic N) is 4. The molecule has 0 saturated carbocycles. The second kappa shape index (κ2) is 6.87. The smallest absolute Gasteiger partial charge is 0.220 e. The third-order valence-corrected chi connectivity index (χ3v) is 3.89. The molecule has 7 heteroatoms. The highest BCUT2D eigenvalue weighted by Crippen LogP contribution is 2.24. The zero-order chi connectivity index (χ0) is 17.9. The first-order valence-electron chi connectivity index (χ1n) is 8.03. The van der Waals surface area contributed by atoms with Gasteiger partial charge in [0.2, 0.25) is 5.88 Å². The maximum atomic E-state index is 13.6. The maximum absolute atomic E-state index is 13.6. The van der Waals surface area contributed by atoms with Crippen LogP contribution >= 0.6 is 0 Å². The highest BCUT2D eigenvalue weighted by atomic mass is 19.1. The molecule has 0 amide bonds. The van der Waals surface area contributed by atoms with Crippen molar-refractivity contribution in [1.29, 1.82) is 0 Å². The highest BCUT2D eigenvalue weighted by molar-refractivity contribution is 5.60. The Morgan fingerprint density at radius 2 is 1.69 bits per heavy atom. The van der Waals surface area contributed by atoms with E-state index in [-0.39, 0.29) is 11.4 Å². The molecule has 0 unspecified atom stereocenters. The van der Waals surface area contributed by atoms with Gasteiger partial charge in [-0.15, -0.1) is 10.2 Å². The standard InChI is InChI=1S/C19H14F2N4O/c20-15-8-14(9-16(21)10-15)19-24-23-17-11-22-12-18(25(17)19)26-7-6-13-4-2-1-3-5-13/h1-5,8-12H,6-7H2. The van der Waals surface area contributed by atoms with Crippen LogP contribution in [0.25, 0.3) is 17.0 Å². The molecule has 0 aliphatic rings. The van der Waals surface area contributed by atoms with Crippen LogP contribution in [-0.2, 0) is 6.42 Å². The van der Waals surface area contributed by atoms with Crippen LogP contribution in [0, 0.1) is 11.6 Å². The molecular weight excluding hydrogens is 338 g/mol. The van der Waals surface area contributed by atoms with Crippen LogP contribution in [0.2, 0.25) is 0 Å². The van der Waals surface area contributed by atoms with Crippen LogP contribution in [-0.4, -0.2) is 26.2 Å². The van der Waals surface area contributed by atoms with Crippen LogP contribution < -0.4 is 4.74 Å². The lowest BCUT2D eigenvalue weighted by Crippen LogP contribution is -2.06. The topological polar surface area (TPSA) is 52.3 Å². The third-order valence-electron chi connectivity index (χ3n) is 3.89. The Kier molecular flexibility index (Phi) is 4.27. The minimum absolute atomic E-state index is 0.272. The lowest BCUT2D eigenvalue weighted by molar-refractivity contribution is 0.304. The second-order valence-corrected chi connectivity index (χ2v) is 5.70. The lowest BCUT2D eigenvalue weighted by atomic mass is 10.2. The SMILES string of the molecule is Fc1cc(F)cc(-c2nnc3cncc(OCCc4ccccc4)n23)c1. The average molecular weight is 352 g/mol. The van der Waals surface area contributed by atoms with Crippen molar-refractivity contribution in [2.24, 2.45) is 0 Å². The van der Waals surface area contributed by atoms with Gasteiger partial charge in [0.05, 0.1) is 19.0 Å². The summed E-state index contributed by atoms with van der Waals surface area (Å²) in [4.78, 5) is 4.08. The third kappa shape index (κ3) is 3.23. The predicted molar refractivity (Wildman–Crippen MR) is 91.8 cm³/mol. The number of fused-ring (bicyclic) bond motifs is 1. The van der Waals surface area contributed by atoms with Crippen LogP contribution in [0.4, 0.5) is 8.78 Å². The van der Waals surface area contributed by atoms with Crippen LogP contribution in [0.3, 0.4) is 0 Å². The van der Waals surface area contributed by atoms with Gasteiger partial charge in [-0.1, -0.05) is 30.3 Å². The Morgan fingerprint density at radius 3 is 2.46 bits per heavy atom. The summed E-state index contributed by atoms with van der Waals surface area (Å²) >= 11 is 0. The van der Waals surface area contributed by atoms with E-state index < -0.39 is 11.6 Å². The Labute approximate surface area is 147 Å². The first-order chi connectivity index (χ1) is 12.7. The van der Waals surface area contributed by atoms with Gasteiger partial charge in [0.15, 0.2) is 11.5 Å². The zero-order valence-electron chi connectivity index (χ0n) is 13.6. The fourth-order valence-corrected chi connectivity index (χ4v) is 2.71. The summed E-state index contributed by atoms with van der Waals surface area (Å²) in [5.41, 5.74) is 1.85. The number of hydrogen-bond donors (Lipinski definition) is 0. The van der Waals surface area contributed by atoms with Crippen molar-refractivity contribution in [3.05, 3.63) is 78.1 Å². The first-order valence-corrected chi connectivity index (χ1v) is 8.03. The first kappa shape index (κ1) is 16.1. The van der Waals surface area contributed by atoms with Crippen molar-refractivity contribution in [1.82, 2.24) is 19.6 Å². The summed E-state index contributed by atoms with van der Waals surface area (Å²) in [7, 11) is 0. The largest absolute Gasteiger partial charge is 0.477 e. The molecule has 0 radical (unpaired) electrons. The Hall–Kier alpha value is -3.35. The van der Waals surface area contributed by atoms with Gasteiger partial charge >= 0.3 is 0 Å². The number of rotatable bonds is 5. The number of halogens is 2. The summed E-state index contributed by atoms with van der Waals surface area (Å²) < 4.78 is 34.6. The van der Waals surface area contributed by atoms with E-state index in [1.54, 1.807) is 4.40 Å². The minimum Gasteiger partial charge on any atom is -0.477 e. The minimum atomic E-state index is -0.683. The summed E-state index contributed by atoms with van der Waals surface area (Å²) in [5.74, 6) is -0.673. The van der Waals surface area contributed by atoms with Crippen molar-refractivity contribution in [2.75, 3.05) is 6.61 Å². The summed E-state index contributed by atoms with van der Waals surface area (Å²) in [6, 6.07) is 13.1. The van der Waals surface area contributed by atoms with Gasteiger partial charge < -0.3 is 4.74 Å². The molecule has 26 heavy (non-hydrogen) atoms. The summed E-state index contributed by atoms with van der Waals surface area (Å²) in [5, 5.41) is 8.04. The van der Waals surface area contributed by atoms with E-state index >= 15 is 0 Å². The van der Waals surface area contributed by atoms with Crippen molar-refractivity contribution in [3.8, 4) is 17.3 Å². The van der Waals surface area contributed by atoms with E-state index in [0.717, 1.165) is 11.6 Å². The number of benzene rings is 2. The predicted octanol–water partition coefficient (Wildman–Crippen LogP) is 3.69. The molecule has 2 aromatic carbocycles. The van der Waals surface area contributed by atoms with Gasteiger partial charge in [-0.05, 0) is 17.7 Å². The fourth-order valence-electron chi connectivity index (χ4n) is 2.71. The van der Waals surface area contributed by atoms with Crippen molar-refractivity contribution in [3.63, 3.8) is 0 Å². The molecule has 4 rings (SSSR count). The van der Waals surface area contributed by atoms with Gasteiger partial charge in [0, 0.05) is 18.1 Å². The van der Waals surface area contributed by atoms with Gasteiger partial charge in [0.25, 0.3) is 0 Å². The van der Waals surface area contributed by atoms with Crippen molar-refractivity contribution >= 4 is 5.65 Å². The average Bonchev–Trinajstić information content (AvgIpc) is 3.07. The Bertz CT molecular complexity index is 1030. The number of aromatic nitrogens is 4. The molecule has 0 saturated heterocycles. The van der Waals surface area contributed by atoms with Crippen LogP contribution in [0.15, 0.2) is 60.9 Å². The van der Waals surface area contributed by atoms with E-state index in [2.05, 4.69) is 15.2 Å². The van der Waals surface area contributed by atoms with E-state index in [9.17, 15) is 8.78 Å². The van der Waals surface area contributed by atoms with Gasteiger partial charge in [-0.25, -0.2) is 13.2 Å². The van der Waals surface area contributed by atoms with Crippen LogP contribution in [0.5, 0.6) is 5.88 Å². The molecule has 0 bridgehead atoms. The molecule has 5 nitrogen and oxygen atoms in total. The Balaban J connectivity index is 1.66. The zero-order valence-corrected chi connectivity index (χ0v) is 13.6. The highest BCUT2D eigenvalue weighted by Gasteiger charge is 2.14. The molecule has 0 spiro atoms. The van der Waals surface area contributed by atoms with Crippen molar-refractivity contribution in [2.45, 2.75) is 6.42 Å². The molecule has 0 N–H and O–H groups in total. The molecule has 0 aliphatic heterocycles. The quantitative estimate of drug-likeness (QED) is 0.550. The van der Waals surface area contributed by atoms with Crippen molar-refractivity contribution < 1.29 is 13.5 Å². The monoisotopic (exact) mass is 352 g/mol. The fraction of sp³-hybridized carbons (Fsp3) is 0.105. The molecule has 4 aromatic rings. The maximum Gasteiger partial charge on any atom is 0.220 e. The number of ether oxygens (including phenoxy) is 1. The van der Waals surface area contributed by atoms with E-state index in [1.807, 2.05) is 30.3 Å². The summed E-state index contributed by atoms with van der Waals surface area (Å²) in [6.45, 7) is 0.417. The number of hydrogen-bond acceptors (Lipinski definition) is 4. The van der Waals surface area contributed by atoms with Crippen LogP contribution in [0.1, 0.15) is 5.56 Å². The molecule has 0 atom stereocenters. The Morgan fingerprint density at radius 1 is 0.923 bits per heavy atom. The van der Waals surface area contributed by atoms with E-state index in [0.29, 0.717) is 24.6 Å². The molecule has 0 aliphatic carbocycles. The lowest BCUT2D eigenvalue weighted by Gasteiger charge is -2.09. The second-order valence-electron chi connectivity index (χ2n) is 5.70.